The monoisotopic (exact) mass is 387 g/mol. The molecule has 128 valence electrons. The molecule has 0 fully saturated rings. The molecule has 0 bridgehead atoms. The van der Waals surface area contributed by atoms with Gasteiger partial charge < -0.3 is 15.2 Å². The first-order valence-electron chi connectivity index (χ1n) is 7.19. The number of carboxylic acids is 1. The standard InChI is InChI=1S/C17H16Cl3NO3/c1-9(2)24-16-13(19)5-10(6-14(16)20)8-21-15-7-11(17(22)23)3-4-12(15)18/h3-7,9,21H,8H2,1-2H3,(H,22,23). The van der Waals surface area contributed by atoms with Crippen molar-refractivity contribution < 1.29 is 14.6 Å². The number of carboxylic acid groups (broad SMARTS) is 1. The Balaban J connectivity index is 2.18. The van der Waals surface area contributed by atoms with Crippen molar-refractivity contribution in [3.05, 3.63) is 56.5 Å². The van der Waals surface area contributed by atoms with E-state index >= 15 is 0 Å². The van der Waals surface area contributed by atoms with Gasteiger partial charge in [-0.25, -0.2) is 4.79 Å². The van der Waals surface area contributed by atoms with Crippen LogP contribution in [0.3, 0.4) is 0 Å². The van der Waals surface area contributed by atoms with Gasteiger partial charge in [0.25, 0.3) is 0 Å². The zero-order chi connectivity index (χ0) is 17.9. The molecule has 24 heavy (non-hydrogen) atoms. The van der Waals surface area contributed by atoms with Crippen molar-refractivity contribution in [2.75, 3.05) is 5.32 Å². The molecule has 0 aliphatic rings. The van der Waals surface area contributed by atoms with Crippen molar-refractivity contribution in [1.82, 2.24) is 0 Å². The van der Waals surface area contributed by atoms with Gasteiger partial charge in [-0.1, -0.05) is 34.8 Å². The molecule has 2 N–H and O–H groups in total. The van der Waals surface area contributed by atoms with Gasteiger partial charge >= 0.3 is 5.97 Å². The van der Waals surface area contributed by atoms with Gasteiger partial charge in [0.15, 0.2) is 5.75 Å². The Hall–Kier alpha value is -1.62. The van der Waals surface area contributed by atoms with Crippen LogP contribution in [0.2, 0.25) is 15.1 Å². The Bertz CT molecular complexity index is 740. The maximum Gasteiger partial charge on any atom is 0.335 e. The third-order valence-corrected chi connectivity index (χ3v) is 4.00. The fraction of sp³-hybridized carbons (Fsp3) is 0.235. The van der Waals surface area contributed by atoms with Gasteiger partial charge in [0.1, 0.15) is 0 Å². The molecule has 0 unspecified atom stereocenters. The summed E-state index contributed by atoms with van der Waals surface area (Å²) >= 11 is 18.5. The average molecular weight is 389 g/mol. The van der Waals surface area contributed by atoms with Crippen LogP contribution in [0.1, 0.15) is 29.8 Å². The van der Waals surface area contributed by atoms with Crippen LogP contribution in [0.5, 0.6) is 5.75 Å². The Labute approximate surface area is 155 Å². The molecule has 0 radical (unpaired) electrons. The molecule has 0 atom stereocenters. The number of anilines is 1. The fourth-order valence-corrected chi connectivity index (χ4v) is 2.86. The molecule has 7 heteroatoms. The van der Waals surface area contributed by atoms with Gasteiger partial charge in [0, 0.05) is 6.54 Å². The minimum absolute atomic E-state index is 0.0402. The van der Waals surface area contributed by atoms with Crippen LogP contribution < -0.4 is 10.1 Å². The van der Waals surface area contributed by atoms with Crippen LogP contribution in [0.15, 0.2) is 30.3 Å². The lowest BCUT2D eigenvalue weighted by Gasteiger charge is -2.15. The first kappa shape index (κ1) is 18.7. The highest BCUT2D eigenvalue weighted by Crippen LogP contribution is 2.35. The van der Waals surface area contributed by atoms with Crippen LogP contribution in [0, 0.1) is 0 Å². The summed E-state index contributed by atoms with van der Waals surface area (Å²) in [5.74, 6) is -0.570. The molecule has 0 saturated carbocycles. The van der Waals surface area contributed by atoms with Crippen LogP contribution in [-0.2, 0) is 6.54 Å². The highest BCUT2D eigenvalue weighted by molar-refractivity contribution is 6.37. The smallest absolute Gasteiger partial charge is 0.335 e. The molecular weight excluding hydrogens is 373 g/mol. The van der Waals surface area contributed by atoms with E-state index < -0.39 is 5.97 Å². The zero-order valence-electron chi connectivity index (χ0n) is 13.1. The second kappa shape index (κ2) is 7.97. The molecule has 0 amide bonds. The minimum atomic E-state index is -1.02. The van der Waals surface area contributed by atoms with Crippen LogP contribution in [-0.4, -0.2) is 17.2 Å². The van der Waals surface area contributed by atoms with Crippen LogP contribution >= 0.6 is 34.8 Å². The molecule has 0 heterocycles. The van der Waals surface area contributed by atoms with Gasteiger partial charge in [0.05, 0.1) is 32.4 Å². The summed E-state index contributed by atoms with van der Waals surface area (Å²) in [7, 11) is 0. The summed E-state index contributed by atoms with van der Waals surface area (Å²) in [5.41, 5.74) is 1.49. The number of halogens is 3. The van der Waals surface area contributed by atoms with E-state index in [4.69, 9.17) is 44.6 Å². The Kier molecular flexibility index (Phi) is 6.21. The minimum Gasteiger partial charge on any atom is -0.488 e. The summed E-state index contributed by atoms with van der Waals surface area (Å²) in [5, 5.41) is 13.4. The number of nitrogens with one attached hydrogen (secondary N) is 1. The molecule has 4 nitrogen and oxygen atoms in total. The maximum atomic E-state index is 11.0. The van der Waals surface area contributed by atoms with E-state index in [1.165, 1.54) is 18.2 Å². The van der Waals surface area contributed by atoms with Gasteiger partial charge in [-0.05, 0) is 49.7 Å². The third kappa shape index (κ3) is 4.69. The molecule has 2 aromatic carbocycles. The number of benzene rings is 2. The largest absolute Gasteiger partial charge is 0.488 e. The van der Waals surface area contributed by atoms with E-state index in [0.29, 0.717) is 33.0 Å². The van der Waals surface area contributed by atoms with Crippen LogP contribution in [0.4, 0.5) is 5.69 Å². The molecule has 2 aromatic rings. The molecule has 0 spiro atoms. The third-order valence-electron chi connectivity index (χ3n) is 3.11. The van der Waals surface area contributed by atoms with E-state index in [0.717, 1.165) is 5.56 Å². The summed E-state index contributed by atoms with van der Waals surface area (Å²) in [6.45, 7) is 4.16. The quantitative estimate of drug-likeness (QED) is 0.662. The predicted molar refractivity (Wildman–Crippen MR) is 98.0 cm³/mol. The number of hydrogen-bond acceptors (Lipinski definition) is 3. The number of rotatable bonds is 6. The second-order valence-electron chi connectivity index (χ2n) is 5.41. The summed E-state index contributed by atoms with van der Waals surface area (Å²) in [6.07, 6.45) is -0.0402. The normalized spacial score (nSPS) is 10.8. The zero-order valence-corrected chi connectivity index (χ0v) is 15.3. The molecule has 0 aliphatic carbocycles. The Morgan fingerprint density at radius 1 is 1.12 bits per heavy atom. The molecular formula is C17H16Cl3NO3. The lowest BCUT2D eigenvalue weighted by molar-refractivity contribution is 0.0697. The van der Waals surface area contributed by atoms with E-state index in [1.807, 2.05) is 13.8 Å². The maximum absolute atomic E-state index is 11.0. The van der Waals surface area contributed by atoms with Crippen molar-refractivity contribution >= 4 is 46.5 Å². The SMILES string of the molecule is CC(C)Oc1c(Cl)cc(CNc2cc(C(=O)O)ccc2Cl)cc1Cl. The van der Waals surface area contributed by atoms with E-state index in [-0.39, 0.29) is 11.7 Å². The Morgan fingerprint density at radius 3 is 2.29 bits per heavy atom. The topological polar surface area (TPSA) is 58.6 Å². The van der Waals surface area contributed by atoms with Gasteiger partial charge in [-0.15, -0.1) is 0 Å². The van der Waals surface area contributed by atoms with Gasteiger partial charge in [0.2, 0.25) is 0 Å². The summed E-state index contributed by atoms with van der Waals surface area (Å²) in [6, 6.07) is 7.94. The molecule has 0 aromatic heterocycles. The van der Waals surface area contributed by atoms with E-state index in [1.54, 1.807) is 12.1 Å². The van der Waals surface area contributed by atoms with Crippen molar-refractivity contribution in [2.45, 2.75) is 26.5 Å². The van der Waals surface area contributed by atoms with Gasteiger partial charge in [-0.3, -0.25) is 0 Å². The summed E-state index contributed by atoms with van der Waals surface area (Å²) in [4.78, 5) is 11.0. The van der Waals surface area contributed by atoms with Gasteiger partial charge in [-0.2, -0.15) is 0 Å². The lowest BCUT2D eigenvalue weighted by atomic mass is 10.1. The summed E-state index contributed by atoms with van der Waals surface area (Å²) < 4.78 is 5.58. The molecule has 0 saturated heterocycles. The van der Waals surface area contributed by atoms with Crippen molar-refractivity contribution in [2.24, 2.45) is 0 Å². The van der Waals surface area contributed by atoms with E-state index in [9.17, 15) is 4.79 Å². The van der Waals surface area contributed by atoms with Crippen LogP contribution in [0.25, 0.3) is 0 Å². The fourth-order valence-electron chi connectivity index (χ4n) is 2.05. The van der Waals surface area contributed by atoms with E-state index in [2.05, 4.69) is 5.32 Å². The number of ether oxygens (including phenoxy) is 1. The highest BCUT2D eigenvalue weighted by Gasteiger charge is 2.12. The highest BCUT2D eigenvalue weighted by atomic mass is 35.5. The number of aromatic carboxylic acids is 1. The first-order chi connectivity index (χ1) is 11.3. The average Bonchev–Trinajstić information content (AvgIpc) is 2.49. The molecule has 2 rings (SSSR count). The lowest BCUT2D eigenvalue weighted by Crippen LogP contribution is -2.07. The number of carbonyl (C=O) groups is 1. The first-order valence-corrected chi connectivity index (χ1v) is 8.32. The number of hydrogen-bond donors (Lipinski definition) is 2. The van der Waals surface area contributed by atoms with Crippen molar-refractivity contribution in [3.63, 3.8) is 0 Å². The van der Waals surface area contributed by atoms with Crippen molar-refractivity contribution in [1.29, 1.82) is 0 Å². The Morgan fingerprint density at radius 2 is 1.75 bits per heavy atom. The predicted octanol–water partition coefficient (Wildman–Crippen LogP) is 5.74. The van der Waals surface area contributed by atoms with Crippen molar-refractivity contribution in [3.8, 4) is 5.75 Å². The molecule has 0 aliphatic heterocycles. The second-order valence-corrected chi connectivity index (χ2v) is 6.63.